The molecule has 0 saturated heterocycles. The minimum atomic E-state index is 0.548. The van der Waals surface area contributed by atoms with Crippen molar-refractivity contribution in [3.63, 3.8) is 0 Å². The molecule has 0 amide bonds. The van der Waals surface area contributed by atoms with Crippen LogP contribution >= 0.6 is 0 Å². The summed E-state index contributed by atoms with van der Waals surface area (Å²) in [6.07, 6.45) is 9.08. The summed E-state index contributed by atoms with van der Waals surface area (Å²) in [5, 5.41) is 7.95. The van der Waals surface area contributed by atoms with Crippen molar-refractivity contribution in [1.82, 2.24) is 15.1 Å². The molecule has 18 heavy (non-hydrogen) atoms. The van der Waals surface area contributed by atoms with Gasteiger partial charge in [0.25, 0.3) is 0 Å². The maximum Gasteiger partial charge on any atom is 0.0489 e. The molecule has 2 atom stereocenters. The molecule has 0 bridgehead atoms. The van der Waals surface area contributed by atoms with Crippen LogP contribution in [0.25, 0.3) is 0 Å². The average molecular weight is 249 g/mol. The van der Waals surface area contributed by atoms with Gasteiger partial charge in [-0.2, -0.15) is 5.10 Å². The highest BCUT2D eigenvalue weighted by molar-refractivity contribution is 4.86. The van der Waals surface area contributed by atoms with E-state index in [0.29, 0.717) is 5.41 Å². The van der Waals surface area contributed by atoms with Crippen LogP contribution in [0.4, 0.5) is 0 Å². The maximum absolute atomic E-state index is 4.22. The molecule has 1 saturated carbocycles. The molecule has 1 heterocycles. The molecule has 1 aromatic heterocycles. The first kappa shape index (κ1) is 13.6. The smallest absolute Gasteiger partial charge is 0.0489 e. The molecule has 0 radical (unpaired) electrons. The van der Waals surface area contributed by atoms with Crippen molar-refractivity contribution < 1.29 is 0 Å². The Morgan fingerprint density at radius 1 is 1.44 bits per heavy atom. The number of aromatic nitrogens is 2. The lowest BCUT2D eigenvalue weighted by Crippen LogP contribution is -2.42. The summed E-state index contributed by atoms with van der Waals surface area (Å²) in [7, 11) is 0. The van der Waals surface area contributed by atoms with E-state index in [1.807, 2.05) is 23.1 Å². The van der Waals surface area contributed by atoms with E-state index in [-0.39, 0.29) is 0 Å². The van der Waals surface area contributed by atoms with Crippen LogP contribution in [0.15, 0.2) is 18.5 Å². The average Bonchev–Trinajstić information content (AvgIpc) is 2.78. The number of hydrogen-bond donors (Lipinski definition) is 1. The summed E-state index contributed by atoms with van der Waals surface area (Å²) in [6, 6.07) is 2.70. The molecule has 2 rings (SSSR count). The molecule has 3 nitrogen and oxygen atoms in total. The van der Waals surface area contributed by atoms with Gasteiger partial charge in [0.05, 0.1) is 0 Å². The van der Waals surface area contributed by atoms with Crippen LogP contribution in [0.2, 0.25) is 0 Å². The summed E-state index contributed by atoms with van der Waals surface area (Å²) in [5.41, 5.74) is 0.548. The van der Waals surface area contributed by atoms with Crippen LogP contribution in [0.3, 0.4) is 0 Å². The number of aryl methyl sites for hydroxylation is 1. The molecule has 1 aliphatic rings. The van der Waals surface area contributed by atoms with E-state index in [4.69, 9.17) is 0 Å². The molecule has 0 aliphatic heterocycles. The van der Waals surface area contributed by atoms with E-state index in [2.05, 4.69) is 31.2 Å². The summed E-state index contributed by atoms with van der Waals surface area (Å²) < 4.78 is 2.01. The quantitative estimate of drug-likeness (QED) is 0.813. The zero-order chi connectivity index (χ0) is 13.0. The molecular formula is C15H27N3. The van der Waals surface area contributed by atoms with Gasteiger partial charge in [-0.25, -0.2) is 0 Å². The second kappa shape index (κ2) is 5.87. The first-order valence-electron chi connectivity index (χ1n) is 7.28. The lowest BCUT2D eigenvalue weighted by molar-refractivity contribution is 0.149. The normalized spacial score (nSPS) is 27.3. The van der Waals surface area contributed by atoms with Gasteiger partial charge in [0.2, 0.25) is 0 Å². The standard InChI is InChI=1S/C15H27N3/c1-13-12-15(2,3)7-6-14(13)16-8-4-10-18-11-5-9-17-18/h5,9,11,13-14,16H,4,6-8,10,12H2,1-3H3. The van der Waals surface area contributed by atoms with E-state index in [0.717, 1.165) is 31.5 Å². The fourth-order valence-electron chi connectivity index (χ4n) is 3.21. The molecular weight excluding hydrogens is 222 g/mol. The van der Waals surface area contributed by atoms with Crippen molar-refractivity contribution in [2.24, 2.45) is 11.3 Å². The van der Waals surface area contributed by atoms with Gasteiger partial charge in [-0.1, -0.05) is 20.8 Å². The lowest BCUT2D eigenvalue weighted by Gasteiger charge is -2.39. The van der Waals surface area contributed by atoms with Crippen molar-refractivity contribution in [3.8, 4) is 0 Å². The van der Waals surface area contributed by atoms with Gasteiger partial charge in [-0.15, -0.1) is 0 Å². The third kappa shape index (κ3) is 3.84. The Kier molecular flexibility index (Phi) is 4.44. The number of hydrogen-bond acceptors (Lipinski definition) is 2. The minimum absolute atomic E-state index is 0.548. The maximum atomic E-state index is 4.22. The molecule has 2 unspecified atom stereocenters. The zero-order valence-corrected chi connectivity index (χ0v) is 12.0. The number of nitrogens with one attached hydrogen (secondary N) is 1. The van der Waals surface area contributed by atoms with Crippen LogP contribution in [0.5, 0.6) is 0 Å². The predicted molar refractivity (Wildman–Crippen MR) is 75.4 cm³/mol. The van der Waals surface area contributed by atoms with E-state index in [1.54, 1.807) is 0 Å². The Bertz CT molecular complexity index is 343. The van der Waals surface area contributed by atoms with E-state index in [1.165, 1.54) is 19.3 Å². The highest BCUT2D eigenvalue weighted by Gasteiger charge is 2.31. The first-order chi connectivity index (χ1) is 8.57. The van der Waals surface area contributed by atoms with Gasteiger partial charge in [0.15, 0.2) is 0 Å². The van der Waals surface area contributed by atoms with Gasteiger partial charge in [-0.3, -0.25) is 4.68 Å². The Morgan fingerprint density at radius 3 is 2.94 bits per heavy atom. The van der Waals surface area contributed by atoms with E-state index >= 15 is 0 Å². The molecule has 3 heteroatoms. The van der Waals surface area contributed by atoms with Crippen LogP contribution in [0.1, 0.15) is 46.5 Å². The first-order valence-corrected chi connectivity index (χ1v) is 7.28. The Hall–Kier alpha value is -0.830. The van der Waals surface area contributed by atoms with Crippen LogP contribution in [-0.2, 0) is 6.54 Å². The molecule has 1 aliphatic carbocycles. The van der Waals surface area contributed by atoms with Gasteiger partial charge >= 0.3 is 0 Å². The Balaban J connectivity index is 1.65. The van der Waals surface area contributed by atoms with Gasteiger partial charge < -0.3 is 5.32 Å². The Morgan fingerprint density at radius 2 is 2.28 bits per heavy atom. The van der Waals surface area contributed by atoms with Gasteiger partial charge in [-0.05, 0) is 49.6 Å². The van der Waals surface area contributed by atoms with Crippen molar-refractivity contribution in [3.05, 3.63) is 18.5 Å². The number of rotatable bonds is 5. The number of nitrogens with zero attached hydrogens (tertiary/aromatic N) is 2. The monoisotopic (exact) mass is 249 g/mol. The molecule has 0 spiro atoms. The molecule has 102 valence electrons. The fourth-order valence-corrected chi connectivity index (χ4v) is 3.21. The molecule has 1 fully saturated rings. The third-order valence-corrected chi connectivity index (χ3v) is 4.22. The van der Waals surface area contributed by atoms with E-state index in [9.17, 15) is 0 Å². The summed E-state index contributed by atoms with van der Waals surface area (Å²) >= 11 is 0. The zero-order valence-electron chi connectivity index (χ0n) is 12.0. The second-order valence-electron chi connectivity index (χ2n) is 6.57. The van der Waals surface area contributed by atoms with Crippen molar-refractivity contribution in [2.45, 2.75) is 59.0 Å². The SMILES string of the molecule is CC1CC(C)(C)CCC1NCCCn1cccn1. The van der Waals surface area contributed by atoms with Crippen molar-refractivity contribution >= 4 is 0 Å². The van der Waals surface area contributed by atoms with Gasteiger partial charge in [0, 0.05) is 25.0 Å². The molecule has 0 aromatic carbocycles. The third-order valence-electron chi connectivity index (χ3n) is 4.22. The Labute approximate surface area is 111 Å². The lowest BCUT2D eigenvalue weighted by atomic mass is 9.70. The highest BCUT2D eigenvalue weighted by atomic mass is 15.3. The largest absolute Gasteiger partial charge is 0.314 e. The van der Waals surface area contributed by atoms with Crippen molar-refractivity contribution in [2.75, 3.05) is 6.54 Å². The van der Waals surface area contributed by atoms with E-state index < -0.39 is 0 Å². The minimum Gasteiger partial charge on any atom is -0.314 e. The fraction of sp³-hybridized carbons (Fsp3) is 0.800. The topological polar surface area (TPSA) is 29.9 Å². The summed E-state index contributed by atoms with van der Waals surface area (Å²) in [5.74, 6) is 0.804. The highest BCUT2D eigenvalue weighted by Crippen LogP contribution is 2.38. The summed E-state index contributed by atoms with van der Waals surface area (Å²) in [4.78, 5) is 0. The second-order valence-corrected chi connectivity index (χ2v) is 6.57. The molecule has 1 aromatic rings. The predicted octanol–water partition coefficient (Wildman–Crippen LogP) is 3.08. The molecule has 1 N–H and O–H groups in total. The van der Waals surface area contributed by atoms with Crippen molar-refractivity contribution in [1.29, 1.82) is 0 Å². The summed E-state index contributed by atoms with van der Waals surface area (Å²) in [6.45, 7) is 9.32. The van der Waals surface area contributed by atoms with Crippen LogP contribution < -0.4 is 5.32 Å². The van der Waals surface area contributed by atoms with Gasteiger partial charge in [0.1, 0.15) is 0 Å². The van der Waals surface area contributed by atoms with Crippen LogP contribution in [0, 0.1) is 11.3 Å². The van der Waals surface area contributed by atoms with Crippen LogP contribution in [-0.4, -0.2) is 22.4 Å².